The highest BCUT2D eigenvalue weighted by molar-refractivity contribution is 5.60. The van der Waals surface area contributed by atoms with E-state index in [-0.39, 0.29) is 5.41 Å². The number of nitrogens with zero attached hydrogens (tertiary/aromatic N) is 1. The Bertz CT molecular complexity index is 371. The molecule has 0 aliphatic heterocycles. The molecule has 0 radical (unpaired) electrons. The molecule has 1 aromatic carbocycles. The summed E-state index contributed by atoms with van der Waals surface area (Å²) >= 11 is 0. The Morgan fingerprint density at radius 2 is 1.83 bits per heavy atom. The Morgan fingerprint density at radius 1 is 1.22 bits per heavy atom. The molecule has 0 fully saturated rings. The maximum atomic E-state index is 5.41. The Hall–Kier alpha value is -1.15. The normalized spacial score (nSPS) is 14.1. The zero-order chi connectivity index (χ0) is 13.6. The smallest absolute Gasteiger partial charge is 0.0508 e. The van der Waals surface area contributed by atoms with Gasteiger partial charge in [-0.15, -0.1) is 0 Å². The summed E-state index contributed by atoms with van der Waals surface area (Å²) in [7, 11) is 0. The van der Waals surface area contributed by atoms with Crippen molar-refractivity contribution in [2.45, 2.75) is 39.5 Å². The molecule has 2 nitrogen and oxygen atoms in total. The van der Waals surface area contributed by atoms with Gasteiger partial charge in [0.05, 0.1) is 6.54 Å². The fraction of sp³-hybridized carbons (Fsp3) is 0.562. The summed E-state index contributed by atoms with van der Waals surface area (Å²) in [6.45, 7) is 10.3. The molecular formula is C16H26N2. The number of rotatable bonds is 5. The zero-order valence-corrected chi connectivity index (χ0v) is 12.1. The van der Waals surface area contributed by atoms with Crippen molar-refractivity contribution in [1.29, 1.82) is 0 Å². The highest BCUT2D eigenvalue weighted by Gasteiger charge is 2.12. The van der Waals surface area contributed by atoms with E-state index in [1.54, 1.807) is 0 Å². The molecule has 0 aliphatic carbocycles. The van der Waals surface area contributed by atoms with Crippen LogP contribution in [0.2, 0.25) is 0 Å². The predicted octanol–water partition coefficient (Wildman–Crippen LogP) is 3.19. The van der Waals surface area contributed by atoms with Crippen molar-refractivity contribution in [2.75, 3.05) is 13.1 Å². The first kappa shape index (κ1) is 14.9. The molecule has 2 heteroatoms. The van der Waals surface area contributed by atoms with Crippen LogP contribution in [0.15, 0.2) is 29.3 Å². The minimum atomic E-state index is 0.229. The number of benzene rings is 1. The van der Waals surface area contributed by atoms with E-state index in [4.69, 9.17) is 5.73 Å². The van der Waals surface area contributed by atoms with E-state index in [9.17, 15) is 0 Å². The third kappa shape index (κ3) is 5.01. The molecule has 0 aliphatic rings. The van der Waals surface area contributed by atoms with Crippen LogP contribution in [-0.4, -0.2) is 19.3 Å². The summed E-state index contributed by atoms with van der Waals surface area (Å²) < 4.78 is 0. The van der Waals surface area contributed by atoms with Gasteiger partial charge in [0.25, 0.3) is 0 Å². The van der Waals surface area contributed by atoms with Crippen LogP contribution in [0.5, 0.6) is 0 Å². The first-order valence-electron chi connectivity index (χ1n) is 6.73. The van der Waals surface area contributed by atoms with Crippen LogP contribution in [0.4, 0.5) is 0 Å². The molecule has 18 heavy (non-hydrogen) atoms. The summed E-state index contributed by atoms with van der Waals surface area (Å²) in [4.78, 5) is 4.29. The molecule has 1 unspecified atom stereocenters. The van der Waals surface area contributed by atoms with Crippen LogP contribution in [0, 0.1) is 5.92 Å². The van der Waals surface area contributed by atoms with Crippen molar-refractivity contribution in [2.24, 2.45) is 16.6 Å². The fourth-order valence-corrected chi connectivity index (χ4v) is 1.89. The lowest BCUT2D eigenvalue weighted by molar-refractivity contribution is 0.589. The highest BCUT2D eigenvalue weighted by atomic mass is 14.7. The second kappa shape index (κ2) is 6.69. The predicted molar refractivity (Wildman–Crippen MR) is 80.4 cm³/mol. The number of hydrogen-bond donors (Lipinski definition) is 1. The second-order valence-electron chi connectivity index (χ2n) is 5.97. The monoisotopic (exact) mass is 246 g/mol. The van der Waals surface area contributed by atoms with E-state index in [0.717, 1.165) is 13.0 Å². The maximum absolute atomic E-state index is 5.41. The molecule has 0 saturated carbocycles. The summed E-state index contributed by atoms with van der Waals surface area (Å²) in [5, 5.41) is 0. The Morgan fingerprint density at radius 3 is 2.33 bits per heavy atom. The first-order chi connectivity index (χ1) is 8.43. The third-order valence-corrected chi connectivity index (χ3v) is 3.00. The van der Waals surface area contributed by atoms with Gasteiger partial charge in [0.1, 0.15) is 0 Å². The molecule has 0 bridgehead atoms. The van der Waals surface area contributed by atoms with Gasteiger partial charge in [-0.05, 0) is 28.9 Å². The molecule has 1 atom stereocenters. The van der Waals surface area contributed by atoms with Gasteiger partial charge < -0.3 is 5.73 Å². The molecule has 0 aromatic heterocycles. The van der Waals surface area contributed by atoms with Crippen LogP contribution < -0.4 is 5.73 Å². The van der Waals surface area contributed by atoms with Crippen molar-refractivity contribution in [3.8, 4) is 0 Å². The van der Waals surface area contributed by atoms with Gasteiger partial charge in [0.15, 0.2) is 0 Å². The average molecular weight is 246 g/mol. The van der Waals surface area contributed by atoms with E-state index in [0.29, 0.717) is 12.5 Å². The lowest BCUT2D eigenvalue weighted by atomic mass is 9.86. The van der Waals surface area contributed by atoms with Crippen molar-refractivity contribution in [1.82, 2.24) is 0 Å². The Kier molecular flexibility index (Phi) is 5.54. The summed E-state index contributed by atoms with van der Waals surface area (Å²) in [6.07, 6.45) is 3.06. The van der Waals surface area contributed by atoms with Crippen molar-refractivity contribution >= 4 is 6.21 Å². The molecular weight excluding hydrogens is 220 g/mol. The van der Waals surface area contributed by atoms with Crippen LogP contribution in [0.1, 0.15) is 38.8 Å². The molecule has 100 valence electrons. The van der Waals surface area contributed by atoms with Crippen LogP contribution in [0.3, 0.4) is 0 Å². The molecule has 0 saturated heterocycles. The maximum Gasteiger partial charge on any atom is 0.0508 e. The van der Waals surface area contributed by atoms with Gasteiger partial charge in [-0.25, -0.2) is 0 Å². The van der Waals surface area contributed by atoms with E-state index in [1.807, 2.05) is 6.21 Å². The van der Waals surface area contributed by atoms with Gasteiger partial charge >= 0.3 is 0 Å². The van der Waals surface area contributed by atoms with Crippen molar-refractivity contribution in [3.63, 3.8) is 0 Å². The van der Waals surface area contributed by atoms with Gasteiger partial charge in [0.2, 0.25) is 0 Å². The minimum absolute atomic E-state index is 0.229. The van der Waals surface area contributed by atoms with E-state index < -0.39 is 0 Å². The number of nitrogens with two attached hydrogens (primary N) is 1. The van der Waals surface area contributed by atoms with Crippen LogP contribution >= 0.6 is 0 Å². The first-order valence-corrected chi connectivity index (χ1v) is 6.73. The topological polar surface area (TPSA) is 38.4 Å². The molecule has 0 spiro atoms. The second-order valence-corrected chi connectivity index (χ2v) is 5.97. The minimum Gasteiger partial charge on any atom is -0.329 e. The van der Waals surface area contributed by atoms with Crippen molar-refractivity contribution in [3.05, 3.63) is 35.4 Å². The Labute approximate surface area is 111 Å². The Balaban J connectivity index is 2.58. The van der Waals surface area contributed by atoms with Gasteiger partial charge in [-0.1, -0.05) is 52.0 Å². The third-order valence-electron chi connectivity index (χ3n) is 3.00. The largest absolute Gasteiger partial charge is 0.329 e. The van der Waals surface area contributed by atoms with Gasteiger partial charge in [-0.2, -0.15) is 0 Å². The molecule has 0 amide bonds. The van der Waals surface area contributed by atoms with Crippen LogP contribution in [-0.2, 0) is 11.8 Å². The van der Waals surface area contributed by atoms with Gasteiger partial charge in [0, 0.05) is 12.8 Å². The van der Waals surface area contributed by atoms with E-state index in [1.165, 1.54) is 11.1 Å². The zero-order valence-electron chi connectivity index (χ0n) is 12.1. The molecule has 2 N–H and O–H groups in total. The fourth-order valence-electron chi connectivity index (χ4n) is 1.89. The lowest BCUT2D eigenvalue weighted by Gasteiger charge is -2.19. The standard InChI is InChI=1S/C16H26N2/c1-13(12-18-10-9-17)11-14-5-7-15(8-6-14)16(2,3)4/h5-8,12-13H,9-11,17H2,1-4H3. The van der Waals surface area contributed by atoms with Gasteiger partial charge in [-0.3, -0.25) is 4.99 Å². The highest BCUT2D eigenvalue weighted by Crippen LogP contribution is 2.22. The van der Waals surface area contributed by atoms with E-state index >= 15 is 0 Å². The van der Waals surface area contributed by atoms with Crippen molar-refractivity contribution < 1.29 is 0 Å². The average Bonchev–Trinajstić information content (AvgIpc) is 2.29. The summed E-state index contributed by atoms with van der Waals surface area (Å²) in [5.41, 5.74) is 8.39. The number of aliphatic imine (C=N–C) groups is 1. The molecule has 1 aromatic rings. The SMILES string of the molecule is CC(C=NCCN)Cc1ccc(C(C)(C)C)cc1. The lowest BCUT2D eigenvalue weighted by Crippen LogP contribution is -2.11. The molecule has 0 heterocycles. The summed E-state index contributed by atoms with van der Waals surface area (Å²) in [5.74, 6) is 0.469. The summed E-state index contributed by atoms with van der Waals surface area (Å²) in [6, 6.07) is 8.93. The molecule has 1 rings (SSSR count). The number of hydrogen-bond acceptors (Lipinski definition) is 2. The van der Waals surface area contributed by atoms with Crippen LogP contribution in [0.25, 0.3) is 0 Å². The quantitative estimate of drug-likeness (QED) is 0.796. The van der Waals surface area contributed by atoms with E-state index in [2.05, 4.69) is 57.0 Å².